The van der Waals surface area contributed by atoms with Crippen LogP contribution in [0.2, 0.25) is 0 Å². The number of amides is 1. The van der Waals surface area contributed by atoms with Crippen molar-refractivity contribution in [1.29, 1.82) is 0 Å². The summed E-state index contributed by atoms with van der Waals surface area (Å²) in [4.78, 5) is 31.4. The van der Waals surface area contributed by atoms with Crippen LogP contribution >= 0.6 is 0 Å². The van der Waals surface area contributed by atoms with Gasteiger partial charge in [-0.1, -0.05) is 12.1 Å². The lowest BCUT2D eigenvalue weighted by Gasteiger charge is -2.30. The Bertz CT molecular complexity index is 970. The monoisotopic (exact) mass is 364 g/mol. The summed E-state index contributed by atoms with van der Waals surface area (Å²) in [6, 6.07) is 0. The zero-order chi connectivity index (χ0) is 18.8. The molecule has 0 bridgehead atoms. The van der Waals surface area contributed by atoms with Crippen molar-refractivity contribution in [2.24, 2.45) is 0 Å². The van der Waals surface area contributed by atoms with E-state index < -0.39 is 0 Å². The molecule has 0 aliphatic carbocycles. The van der Waals surface area contributed by atoms with E-state index in [1.54, 1.807) is 18.6 Å². The second-order valence-electron chi connectivity index (χ2n) is 6.55. The first-order valence-corrected chi connectivity index (χ1v) is 9.03. The maximum atomic E-state index is 12.2. The number of nitrogens with zero attached hydrogens (tertiary/aromatic N) is 6. The van der Waals surface area contributed by atoms with Crippen molar-refractivity contribution < 1.29 is 9.32 Å². The van der Waals surface area contributed by atoms with Crippen LogP contribution in [0.1, 0.15) is 36.6 Å². The van der Waals surface area contributed by atoms with Crippen LogP contribution in [-0.4, -0.2) is 42.4 Å². The van der Waals surface area contributed by atoms with Gasteiger partial charge in [0, 0.05) is 49.4 Å². The summed E-state index contributed by atoms with van der Waals surface area (Å²) in [5.41, 5.74) is 4.43. The van der Waals surface area contributed by atoms with Crippen LogP contribution in [0.5, 0.6) is 0 Å². The summed E-state index contributed by atoms with van der Waals surface area (Å²) < 4.78 is 5.39. The topological polar surface area (TPSA) is 97.9 Å². The quantitative estimate of drug-likeness (QED) is 0.701. The summed E-state index contributed by atoms with van der Waals surface area (Å²) >= 11 is 0. The lowest BCUT2D eigenvalue weighted by atomic mass is 9.94. The maximum Gasteiger partial charge on any atom is 0.278 e. The molecule has 0 radical (unpaired) electrons. The molecular formula is C19H20N6O2. The Morgan fingerprint density at radius 2 is 2.15 bits per heavy atom. The fourth-order valence-electron chi connectivity index (χ4n) is 3.37. The van der Waals surface area contributed by atoms with Gasteiger partial charge < -0.3 is 9.42 Å². The van der Waals surface area contributed by atoms with Gasteiger partial charge in [0.25, 0.3) is 5.89 Å². The van der Waals surface area contributed by atoms with Crippen LogP contribution in [0, 0.1) is 6.92 Å². The molecule has 4 rings (SSSR count). The number of rotatable bonds is 4. The Balaban J connectivity index is 1.68. The molecule has 1 aliphatic rings. The number of carbonyl (C=O) groups excluding carboxylic acids is 1. The van der Waals surface area contributed by atoms with Crippen molar-refractivity contribution in [2.45, 2.75) is 39.7 Å². The fraction of sp³-hybridized carbons (Fsp3) is 0.368. The minimum Gasteiger partial charge on any atom is -0.338 e. The van der Waals surface area contributed by atoms with Gasteiger partial charge in [0.05, 0.1) is 6.20 Å². The highest BCUT2D eigenvalue weighted by atomic mass is 16.5. The van der Waals surface area contributed by atoms with E-state index in [-0.39, 0.29) is 5.91 Å². The molecule has 1 amide bonds. The van der Waals surface area contributed by atoms with Crippen LogP contribution in [0.4, 0.5) is 0 Å². The number of carbonyl (C=O) groups is 1. The third-order valence-electron chi connectivity index (χ3n) is 4.71. The number of hydrogen-bond acceptors (Lipinski definition) is 7. The van der Waals surface area contributed by atoms with Gasteiger partial charge in [-0.3, -0.25) is 14.8 Å². The predicted octanol–water partition coefficient (Wildman–Crippen LogP) is 2.58. The number of fused-ring (bicyclic) bond motifs is 1. The van der Waals surface area contributed by atoms with Crippen LogP contribution in [0.3, 0.4) is 0 Å². The minimum absolute atomic E-state index is 0.190. The van der Waals surface area contributed by atoms with Crippen LogP contribution in [0.15, 0.2) is 29.3 Å². The predicted molar refractivity (Wildman–Crippen MR) is 97.3 cm³/mol. The maximum absolute atomic E-state index is 12.2. The van der Waals surface area contributed by atoms with Gasteiger partial charge in [-0.15, -0.1) is 0 Å². The van der Waals surface area contributed by atoms with Gasteiger partial charge in [0.1, 0.15) is 5.69 Å². The van der Waals surface area contributed by atoms with Crippen molar-refractivity contribution in [3.63, 3.8) is 0 Å². The van der Waals surface area contributed by atoms with Gasteiger partial charge in [-0.05, 0) is 30.9 Å². The molecule has 4 heterocycles. The lowest BCUT2D eigenvalue weighted by Crippen LogP contribution is -2.36. The van der Waals surface area contributed by atoms with Crippen LogP contribution in [0.25, 0.3) is 23.0 Å². The third-order valence-corrected chi connectivity index (χ3v) is 4.71. The molecule has 8 nitrogen and oxygen atoms in total. The van der Waals surface area contributed by atoms with Crippen molar-refractivity contribution >= 4 is 5.91 Å². The molecule has 0 N–H and O–H groups in total. The van der Waals surface area contributed by atoms with Crippen LogP contribution < -0.4 is 0 Å². The highest BCUT2D eigenvalue weighted by Crippen LogP contribution is 2.31. The first-order chi connectivity index (χ1) is 13.2. The first-order valence-electron chi connectivity index (χ1n) is 9.03. The fourth-order valence-corrected chi connectivity index (χ4v) is 3.37. The molecule has 3 aromatic rings. The smallest absolute Gasteiger partial charge is 0.278 e. The molecule has 0 saturated heterocycles. The van der Waals surface area contributed by atoms with Crippen molar-refractivity contribution in [3.05, 3.63) is 41.6 Å². The zero-order valence-corrected chi connectivity index (χ0v) is 15.3. The average Bonchev–Trinajstić information content (AvgIpc) is 3.18. The van der Waals surface area contributed by atoms with E-state index in [0.717, 1.165) is 35.2 Å². The Morgan fingerprint density at radius 1 is 1.26 bits per heavy atom. The largest absolute Gasteiger partial charge is 0.338 e. The van der Waals surface area contributed by atoms with Crippen LogP contribution in [-0.2, 0) is 17.8 Å². The molecular weight excluding hydrogens is 344 g/mol. The standard InChI is InChI=1S/C19H20N6O2/c1-3-4-16(26)25-8-5-14-13(11-25)9-22-12(2)17(14)18-23-19(27-24-18)15-10-20-6-7-21-15/h6-7,9-10H,3-5,8,11H2,1-2H3. The van der Waals surface area contributed by atoms with Gasteiger partial charge in [0.15, 0.2) is 0 Å². The summed E-state index contributed by atoms with van der Waals surface area (Å²) in [6.45, 7) is 5.22. The Hall–Kier alpha value is -3.16. The lowest BCUT2D eigenvalue weighted by molar-refractivity contribution is -0.132. The summed E-state index contributed by atoms with van der Waals surface area (Å²) in [7, 11) is 0. The molecule has 0 spiro atoms. The molecule has 138 valence electrons. The summed E-state index contributed by atoms with van der Waals surface area (Å²) in [5, 5.41) is 4.14. The van der Waals surface area contributed by atoms with Crippen molar-refractivity contribution in [3.8, 4) is 23.0 Å². The van der Waals surface area contributed by atoms with Gasteiger partial charge in [-0.25, -0.2) is 4.98 Å². The molecule has 0 aromatic carbocycles. The second-order valence-corrected chi connectivity index (χ2v) is 6.55. The van der Waals surface area contributed by atoms with E-state index in [1.807, 2.05) is 24.9 Å². The molecule has 1 aliphatic heterocycles. The molecule has 0 fully saturated rings. The van der Waals surface area contributed by atoms with E-state index in [2.05, 4.69) is 25.1 Å². The van der Waals surface area contributed by atoms with Gasteiger partial charge in [0.2, 0.25) is 11.7 Å². The van der Waals surface area contributed by atoms with Crippen molar-refractivity contribution in [2.75, 3.05) is 6.54 Å². The molecule has 0 saturated carbocycles. The summed E-state index contributed by atoms with van der Waals surface area (Å²) in [6.07, 6.45) is 8.79. The number of hydrogen-bond donors (Lipinski definition) is 0. The zero-order valence-electron chi connectivity index (χ0n) is 15.3. The molecule has 27 heavy (non-hydrogen) atoms. The normalized spacial score (nSPS) is 13.5. The van der Waals surface area contributed by atoms with Gasteiger partial charge in [-0.2, -0.15) is 4.98 Å². The van der Waals surface area contributed by atoms with E-state index in [0.29, 0.717) is 36.9 Å². The van der Waals surface area contributed by atoms with E-state index in [9.17, 15) is 4.79 Å². The van der Waals surface area contributed by atoms with Gasteiger partial charge >= 0.3 is 0 Å². The highest BCUT2D eigenvalue weighted by molar-refractivity contribution is 5.77. The molecule has 0 atom stereocenters. The number of aryl methyl sites for hydroxylation is 1. The van der Waals surface area contributed by atoms with E-state index >= 15 is 0 Å². The van der Waals surface area contributed by atoms with E-state index in [1.165, 1.54) is 0 Å². The highest BCUT2D eigenvalue weighted by Gasteiger charge is 2.26. The van der Waals surface area contributed by atoms with E-state index in [4.69, 9.17) is 4.52 Å². The number of pyridine rings is 1. The average molecular weight is 364 g/mol. The Kier molecular flexibility index (Phi) is 4.62. The van der Waals surface area contributed by atoms with Crippen molar-refractivity contribution in [1.82, 2.24) is 30.0 Å². The molecule has 8 heteroatoms. The third kappa shape index (κ3) is 3.30. The number of aromatic nitrogens is 5. The Morgan fingerprint density at radius 3 is 2.93 bits per heavy atom. The first kappa shape index (κ1) is 17.3. The minimum atomic E-state index is 0.190. The molecule has 3 aromatic heterocycles. The molecule has 0 unspecified atom stereocenters. The Labute approximate surface area is 156 Å². The second kappa shape index (κ2) is 7.22. The SMILES string of the molecule is CCCC(=O)N1CCc2c(cnc(C)c2-c2noc(-c3cnccn3)n2)C1. The summed E-state index contributed by atoms with van der Waals surface area (Å²) in [5.74, 6) is 1.01.